The molecule has 0 spiro atoms. The molecule has 2 fully saturated rings. The minimum absolute atomic E-state index is 0.324. The van der Waals surface area contributed by atoms with Crippen LogP contribution in [0.25, 0.3) is 27.8 Å². The fraction of sp³-hybridized carbons (Fsp3) is 0.388. The van der Waals surface area contributed by atoms with Crippen molar-refractivity contribution in [2.75, 3.05) is 0 Å². The molecule has 0 amide bonds. The first-order valence-electron chi connectivity index (χ1n) is 19.6. The monoisotopic (exact) mass is 636 g/mol. The highest BCUT2D eigenvalue weighted by atomic mass is 14.6. The molecule has 0 radical (unpaired) electrons. The van der Waals surface area contributed by atoms with Gasteiger partial charge in [-0.1, -0.05) is 134 Å². The van der Waals surface area contributed by atoms with Crippen molar-refractivity contribution in [2.45, 2.75) is 63.7 Å². The van der Waals surface area contributed by atoms with Crippen LogP contribution in [0, 0.1) is 52.8 Å². The maximum absolute atomic E-state index is 2.72. The van der Waals surface area contributed by atoms with E-state index in [9.17, 15) is 0 Å². The van der Waals surface area contributed by atoms with E-state index in [4.69, 9.17) is 0 Å². The Kier molecular flexibility index (Phi) is 6.37. The Hall–Kier alpha value is -3.90. The molecule has 8 aliphatic rings. The minimum atomic E-state index is 0.324. The van der Waals surface area contributed by atoms with Crippen LogP contribution < -0.4 is 0 Å². The molecule has 11 unspecified atom stereocenters. The maximum atomic E-state index is 2.72. The molecule has 0 nitrogen and oxygen atoms in total. The van der Waals surface area contributed by atoms with Gasteiger partial charge in [0.05, 0.1) is 0 Å². The summed E-state index contributed by atoms with van der Waals surface area (Å²) in [7, 11) is 0. The van der Waals surface area contributed by atoms with E-state index in [-0.39, 0.29) is 0 Å². The molecule has 49 heavy (non-hydrogen) atoms. The van der Waals surface area contributed by atoms with Gasteiger partial charge >= 0.3 is 0 Å². The molecule has 8 aliphatic carbocycles. The Morgan fingerprint density at radius 2 is 1.41 bits per heavy atom. The molecule has 0 saturated heterocycles. The number of allylic oxidation sites excluding steroid dienone is 12. The molecule has 0 N–H and O–H groups in total. The fourth-order valence-corrected chi connectivity index (χ4v) is 13.4. The largest absolute Gasteiger partial charge is 0.0882 e. The highest BCUT2D eigenvalue weighted by molar-refractivity contribution is 5.97. The summed E-state index contributed by atoms with van der Waals surface area (Å²) >= 11 is 0. The van der Waals surface area contributed by atoms with Crippen molar-refractivity contribution >= 4 is 5.57 Å². The van der Waals surface area contributed by atoms with Gasteiger partial charge in [0, 0.05) is 11.8 Å². The van der Waals surface area contributed by atoms with Gasteiger partial charge in [0.2, 0.25) is 0 Å². The zero-order chi connectivity index (χ0) is 32.3. The molecule has 0 aliphatic heterocycles. The van der Waals surface area contributed by atoms with E-state index in [2.05, 4.69) is 134 Å². The first-order valence-corrected chi connectivity index (χ1v) is 19.6. The van der Waals surface area contributed by atoms with Crippen molar-refractivity contribution < 1.29 is 0 Å². The summed E-state index contributed by atoms with van der Waals surface area (Å²) in [4.78, 5) is 0. The fourth-order valence-electron chi connectivity index (χ4n) is 13.4. The van der Waals surface area contributed by atoms with Gasteiger partial charge in [0.15, 0.2) is 0 Å². The third-order valence-electron chi connectivity index (χ3n) is 15.0. The first kappa shape index (κ1) is 28.9. The lowest BCUT2D eigenvalue weighted by atomic mass is 9.51. The summed E-state index contributed by atoms with van der Waals surface area (Å²) in [6, 6.07) is 23.4. The smallest absolute Gasteiger partial charge is 0.00246 e. The normalized spacial score (nSPS) is 38.3. The maximum Gasteiger partial charge on any atom is 0.00246 e. The van der Waals surface area contributed by atoms with Crippen molar-refractivity contribution in [2.24, 2.45) is 52.8 Å². The molecule has 11 atom stereocenters. The lowest BCUT2D eigenvalue weighted by Crippen LogP contribution is -2.44. The second-order valence-corrected chi connectivity index (χ2v) is 17.2. The Morgan fingerprint density at radius 1 is 0.653 bits per heavy atom. The van der Waals surface area contributed by atoms with Crippen molar-refractivity contribution in [3.05, 3.63) is 150 Å². The highest BCUT2D eigenvalue weighted by Crippen LogP contribution is 2.70. The van der Waals surface area contributed by atoms with Crippen molar-refractivity contribution in [1.82, 2.24) is 0 Å². The van der Waals surface area contributed by atoms with E-state index in [1.165, 1.54) is 49.7 Å². The zero-order valence-corrected chi connectivity index (χ0v) is 28.8. The van der Waals surface area contributed by atoms with Gasteiger partial charge in [-0.05, 0) is 148 Å². The van der Waals surface area contributed by atoms with Crippen LogP contribution in [0.1, 0.15) is 79.5 Å². The Bertz CT molecular complexity index is 2010. The van der Waals surface area contributed by atoms with Crippen LogP contribution in [0.3, 0.4) is 0 Å². The standard InChI is InChI=1S/C49H48/c1-49(33-21-9-4-10-22-33)28-40-35-24-12-11-23-34(35)38-27-39-43(31-15-5-2-6-16-31)47-36-25-13-19-30-20-14-26-37(42(30)36)48(47)44(32-17-7-3-8-18-32)46(39)41(29-49)45(38)40/h2-3,5-9,11-21,23-25,30,33-35,37-38,40-42,45H,4,10,22,26-29H2,1H3. The van der Waals surface area contributed by atoms with E-state index in [0.717, 1.165) is 18.3 Å². The van der Waals surface area contributed by atoms with Crippen molar-refractivity contribution in [1.29, 1.82) is 0 Å². The van der Waals surface area contributed by atoms with Crippen LogP contribution in [0.4, 0.5) is 0 Å². The van der Waals surface area contributed by atoms with E-state index >= 15 is 0 Å². The van der Waals surface area contributed by atoms with E-state index in [1.54, 1.807) is 39.0 Å². The Balaban J connectivity index is 1.25. The number of hydrogen-bond acceptors (Lipinski definition) is 0. The number of hydrogen-bond donors (Lipinski definition) is 0. The molecule has 0 aromatic heterocycles. The lowest BCUT2D eigenvalue weighted by Gasteiger charge is -2.53. The van der Waals surface area contributed by atoms with Crippen LogP contribution in [-0.2, 0) is 6.42 Å². The molecule has 0 heteroatoms. The van der Waals surface area contributed by atoms with Crippen LogP contribution in [0.2, 0.25) is 0 Å². The average molecular weight is 637 g/mol. The van der Waals surface area contributed by atoms with Gasteiger partial charge in [-0.15, -0.1) is 0 Å². The first-order chi connectivity index (χ1) is 24.2. The molecule has 2 saturated carbocycles. The van der Waals surface area contributed by atoms with E-state index in [0.29, 0.717) is 52.8 Å². The zero-order valence-electron chi connectivity index (χ0n) is 28.8. The second kappa shape index (κ2) is 10.8. The van der Waals surface area contributed by atoms with Crippen molar-refractivity contribution in [3.63, 3.8) is 0 Å². The number of rotatable bonds is 3. The molecule has 11 rings (SSSR count). The molecule has 3 aromatic carbocycles. The minimum Gasteiger partial charge on any atom is -0.0882 e. The topological polar surface area (TPSA) is 0 Å². The molecular formula is C49H48. The van der Waals surface area contributed by atoms with Gasteiger partial charge < -0.3 is 0 Å². The summed E-state index contributed by atoms with van der Waals surface area (Å²) in [5, 5.41) is 0. The van der Waals surface area contributed by atoms with Crippen LogP contribution in [-0.4, -0.2) is 0 Å². The van der Waals surface area contributed by atoms with Gasteiger partial charge in [-0.3, -0.25) is 0 Å². The summed E-state index contributed by atoms with van der Waals surface area (Å²) < 4.78 is 0. The SMILES string of the molecule is CC1(C2C=CCCC2)CC2c3c(c(-c4ccccc4)c4c(c3-c3ccccc3)C3CC=CC5C=CC=C4C53)CC3C4C=CC=CC4C(C1)C23. The van der Waals surface area contributed by atoms with Crippen LogP contribution in [0.15, 0.2) is 127 Å². The summed E-state index contributed by atoms with van der Waals surface area (Å²) in [6.07, 6.45) is 36.7. The van der Waals surface area contributed by atoms with Gasteiger partial charge in [-0.2, -0.15) is 0 Å². The van der Waals surface area contributed by atoms with Gasteiger partial charge in [0.1, 0.15) is 0 Å². The summed E-state index contributed by atoms with van der Waals surface area (Å²) in [6.45, 7) is 2.72. The predicted molar refractivity (Wildman–Crippen MR) is 204 cm³/mol. The molecular weight excluding hydrogens is 589 g/mol. The summed E-state index contributed by atoms with van der Waals surface area (Å²) in [5.74, 6) is 6.42. The van der Waals surface area contributed by atoms with Crippen molar-refractivity contribution in [3.8, 4) is 22.3 Å². The van der Waals surface area contributed by atoms with Gasteiger partial charge in [0.25, 0.3) is 0 Å². The summed E-state index contributed by atoms with van der Waals surface area (Å²) in [5.41, 5.74) is 14.8. The molecule has 244 valence electrons. The third kappa shape index (κ3) is 4.04. The molecule has 3 aromatic rings. The van der Waals surface area contributed by atoms with Crippen LogP contribution >= 0.6 is 0 Å². The molecule has 0 heterocycles. The Labute approximate surface area is 293 Å². The van der Waals surface area contributed by atoms with E-state index in [1.807, 2.05) is 0 Å². The predicted octanol–water partition coefficient (Wildman–Crippen LogP) is 12.3. The highest BCUT2D eigenvalue weighted by Gasteiger charge is 2.61. The van der Waals surface area contributed by atoms with E-state index < -0.39 is 0 Å². The molecule has 0 bridgehead atoms. The second-order valence-electron chi connectivity index (χ2n) is 17.2. The average Bonchev–Trinajstić information content (AvgIpc) is 3.66. The Morgan fingerprint density at radius 3 is 2.16 bits per heavy atom. The number of benzene rings is 3. The lowest BCUT2D eigenvalue weighted by molar-refractivity contribution is 0.0294. The quantitative estimate of drug-likeness (QED) is 0.251. The van der Waals surface area contributed by atoms with Crippen LogP contribution in [0.5, 0.6) is 0 Å². The third-order valence-corrected chi connectivity index (χ3v) is 15.0. The van der Waals surface area contributed by atoms with Gasteiger partial charge in [-0.25, -0.2) is 0 Å². The number of fused-ring (bicyclic) bond motifs is 8.